The number of benzene rings is 2. The highest BCUT2D eigenvalue weighted by Gasteiger charge is 2.48. The summed E-state index contributed by atoms with van der Waals surface area (Å²) in [6.45, 7) is -0.607. The summed E-state index contributed by atoms with van der Waals surface area (Å²) in [5.41, 5.74) is -1.15. The molecule has 1 saturated heterocycles. The van der Waals surface area contributed by atoms with Crippen molar-refractivity contribution in [3.05, 3.63) is 76.4 Å². The number of rotatable bonds is 8. The molecule has 1 fully saturated rings. The molecule has 3 aromatic rings. The second-order valence-corrected chi connectivity index (χ2v) is 9.97. The Morgan fingerprint density at radius 1 is 1.18 bits per heavy atom. The van der Waals surface area contributed by atoms with E-state index in [-0.39, 0.29) is 16.3 Å². The minimum atomic E-state index is -1.65. The van der Waals surface area contributed by atoms with Gasteiger partial charge in [0.1, 0.15) is 29.4 Å². The normalized spacial score (nSPS) is 23.6. The Kier molecular flexibility index (Phi) is 8.85. The fourth-order valence-corrected chi connectivity index (χ4v) is 5.25. The highest BCUT2D eigenvalue weighted by atomic mass is 35.5. The molecule has 15 heteroatoms. The minimum absolute atomic E-state index is 0.0597. The first-order chi connectivity index (χ1) is 18.1. The Morgan fingerprint density at radius 2 is 1.89 bits per heavy atom. The van der Waals surface area contributed by atoms with Gasteiger partial charge in [0, 0.05) is 10.5 Å². The molecular formula is C23H18Cl2F3N3O6S. The monoisotopic (exact) mass is 591 g/mol. The van der Waals surface area contributed by atoms with E-state index in [2.05, 4.69) is 10.3 Å². The molecule has 202 valence electrons. The molecule has 5 atom stereocenters. The molecule has 0 bridgehead atoms. The van der Waals surface area contributed by atoms with Crippen molar-refractivity contribution in [2.75, 3.05) is 6.61 Å². The molecule has 0 saturated carbocycles. The van der Waals surface area contributed by atoms with E-state index in [4.69, 9.17) is 37.8 Å². The summed E-state index contributed by atoms with van der Waals surface area (Å²) in [5, 5.41) is 38.2. The smallest absolute Gasteiger partial charge is 0.331 e. The summed E-state index contributed by atoms with van der Waals surface area (Å²) < 4.78 is 53.6. The third-order valence-electron chi connectivity index (χ3n) is 5.51. The van der Waals surface area contributed by atoms with Gasteiger partial charge in [-0.25, -0.2) is 22.6 Å². The molecule has 2 aromatic carbocycles. The van der Waals surface area contributed by atoms with Crippen molar-refractivity contribution in [3.63, 3.8) is 0 Å². The van der Waals surface area contributed by atoms with Crippen LogP contribution in [-0.4, -0.2) is 66.6 Å². The SMILES string of the molecule is O=C(O)/C=C/O[C@@H]1[C@@H](n2cc(-c3cc(F)c(F)c(F)c3)nn2)[C@@H](O)[C@@H](CO)O[C@@H]1Sc1ccc(Cl)c(Cl)c1. The molecule has 1 aliphatic heterocycles. The van der Waals surface area contributed by atoms with Gasteiger partial charge in [-0.05, 0) is 30.3 Å². The lowest BCUT2D eigenvalue weighted by Crippen LogP contribution is -2.55. The Bertz CT molecular complexity index is 1340. The summed E-state index contributed by atoms with van der Waals surface area (Å²) in [5.74, 6) is -5.81. The molecule has 38 heavy (non-hydrogen) atoms. The largest absolute Gasteiger partial charge is 0.492 e. The van der Waals surface area contributed by atoms with Gasteiger partial charge in [0.05, 0.1) is 35.2 Å². The Morgan fingerprint density at radius 3 is 2.53 bits per heavy atom. The zero-order valence-corrected chi connectivity index (χ0v) is 21.2. The average molecular weight is 592 g/mol. The van der Waals surface area contributed by atoms with Crippen molar-refractivity contribution in [2.24, 2.45) is 0 Å². The fourth-order valence-electron chi connectivity index (χ4n) is 3.73. The van der Waals surface area contributed by atoms with Gasteiger partial charge < -0.3 is 24.8 Å². The van der Waals surface area contributed by atoms with Crippen molar-refractivity contribution in [3.8, 4) is 11.3 Å². The van der Waals surface area contributed by atoms with Crippen molar-refractivity contribution in [1.82, 2.24) is 15.0 Å². The molecule has 0 spiro atoms. The summed E-state index contributed by atoms with van der Waals surface area (Å²) in [6.07, 6.45) is -0.890. The van der Waals surface area contributed by atoms with E-state index in [9.17, 15) is 28.2 Å². The maximum absolute atomic E-state index is 13.8. The van der Waals surface area contributed by atoms with E-state index in [0.717, 1.165) is 40.9 Å². The quantitative estimate of drug-likeness (QED) is 0.202. The number of ether oxygens (including phenoxy) is 2. The fraction of sp³-hybridized carbons (Fsp3) is 0.261. The first kappa shape index (κ1) is 28.2. The number of thioether (sulfide) groups is 1. The molecule has 1 aliphatic rings. The summed E-state index contributed by atoms with van der Waals surface area (Å²) in [4.78, 5) is 11.6. The number of aliphatic hydroxyl groups excluding tert-OH is 2. The predicted octanol–water partition coefficient (Wildman–Crippen LogP) is 4.06. The maximum Gasteiger partial charge on any atom is 0.331 e. The van der Waals surface area contributed by atoms with Crippen LogP contribution in [0.1, 0.15) is 6.04 Å². The Labute approximate surface area is 227 Å². The molecule has 4 rings (SSSR count). The molecule has 0 radical (unpaired) electrons. The van der Waals surface area contributed by atoms with Crippen molar-refractivity contribution >= 4 is 40.9 Å². The van der Waals surface area contributed by atoms with Gasteiger partial charge in [0.2, 0.25) is 0 Å². The van der Waals surface area contributed by atoms with E-state index in [1.165, 1.54) is 6.20 Å². The average Bonchev–Trinajstić information content (AvgIpc) is 3.35. The second-order valence-electron chi connectivity index (χ2n) is 7.98. The van der Waals surface area contributed by atoms with Gasteiger partial charge in [-0.15, -0.1) is 5.10 Å². The molecule has 0 unspecified atom stereocenters. The number of carbonyl (C=O) groups is 1. The molecule has 1 aromatic heterocycles. The number of halogens is 5. The first-order valence-electron chi connectivity index (χ1n) is 10.8. The summed E-state index contributed by atoms with van der Waals surface area (Å²) >= 11 is 13.2. The van der Waals surface area contributed by atoms with Gasteiger partial charge in [-0.3, -0.25) is 0 Å². The van der Waals surface area contributed by atoms with Gasteiger partial charge in [-0.1, -0.05) is 40.2 Å². The third kappa shape index (κ3) is 6.08. The second kappa shape index (κ2) is 11.9. The van der Waals surface area contributed by atoms with Crippen LogP contribution in [0.4, 0.5) is 13.2 Å². The summed E-state index contributed by atoms with van der Waals surface area (Å²) in [6, 6.07) is 5.07. The molecule has 3 N–H and O–H groups in total. The van der Waals surface area contributed by atoms with Crippen LogP contribution in [0.25, 0.3) is 11.3 Å². The molecule has 9 nitrogen and oxygen atoms in total. The van der Waals surface area contributed by atoms with Crippen LogP contribution in [0, 0.1) is 17.5 Å². The summed E-state index contributed by atoms with van der Waals surface area (Å²) in [7, 11) is 0. The number of hydrogen-bond donors (Lipinski definition) is 3. The molecule has 0 amide bonds. The van der Waals surface area contributed by atoms with Crippen LogP contribution in [0.15, 0.2) is 53.8 Å². The third-order valence-corrected chi connectivity index (χ3v) is 7.39. The zero-order valence-electron chi connectivity index (χ0n) is 18.9. The Balaban J connectivity index is 1.73. The van der Waals surface area contributed by atoms with E-state index < -0.39 is 59.8 Å². The molecular weight excluding hydrogens is 574 g/mol. The predicted molar refractivity (Wildman–Crippen MR) is 130 cm³/mol. The van der Waals surface area contributed by atoms with Crippen LogP contribution >= 0.6 is 35.0 Å². The minimum Gasteiger partial charge on any atom is -0.492 e. The number of hydrogen-bond acceptors (Lipinski definition) is 8. The van der Waals surface area contributed by atoms with Crippen molar-refractivity contribution < 1.29 is 42.8 Å². The standard InChI is InChI=1S/C23H18Cl2F3N3O6S/c24-12-2-1-11(7-13(12)25)38-23-22(36-4-3-18(33)34)20(21(35)17(9-32)37-23)31-8-16(29-30-31)10-5-14(26)19(28)15(27)6-10/h1-8,17,20-23,32,35H,9H2,(H,33,34)/b4-3+/t17-,20+,21+,22-,23-/m1/s1. The topological polar surface area (TPSA) is 127 Å². The number of aliphatic hydroxyl groups is 2. The highest BCUT2D eigenvalue weighted by Crippen LogP contribution is 2.41. The lowest BCUT2D eigenvalue weighted by atomic mass is 9.97. The van der Waals surface area contributed by atoms with E-state index in [0.29, 0.717) is 9.92 Å². The number of aliphatic carboxylic acids is 1. The van der Waals surface area contributed by atoms with E-state index >= 15 is 0 Å². The van der Waals surface area contributed by atoms with Crippen LogP contribution in [0.3, 0.4) is 0 Å². The Hall–Kier alpha value is -2.81. The van der Waals surface area contributed by atoms with Crippen molar-refractivity contribution in [2.45, 2.75) is 34.7 Å². The van der Waals surface area contributed by atoms with Gasteiger partial charge >= 0.3 is 5.97 Å². The lowest BCUT2D eigenvalue weighted by molar-refractivity contribution is -0.180. The number of nitrogens with zero attached hydrogens (tertiary/aromatic N) is 3. The molecule has 2 heterocycles. The van der Waals surface area contributed by atoms with Crippen LogP contribution in [-0.2, 0) is 14.3 Å². The van der Waals surface area contributed by atoms with E-state index in [1.807, 2.05) is 0 Å². The molecule has 0 aliphatic carbocycles. The zero-order chi connectivity index (χ0) is 27.6. The number of carboxylic acids is 1. The first-order valence-corrected chi connectivity index (χ1v) is 12.4. The van der Waals surface area contributed by atoms with E-state index in [1.54, 1.807) is 18.2 Å². The number of aromatic nitrogens is 3. The number of carboxylic acid groups (broad SMARTS) is 1. The lowest BCUT2D eigenvalue weighted by Gasteiger charge is -2.43. The van der Waals surface area contributed by atoms with Gasteiger partial charge in [0.15, 0.2) is 23.6 Å². The van der Waals surface area contributed by atoms with Crippen LogP contribution in [0.2, 0.25) is 10.0 Å². The maximum atomic E-state index is 13.8. The van der Waals surface area contributed by atoms with Crippen LogP contribution in [0.5, 0.6) is 0 Å². The van der Waals surface area contributed by atoms with Gasteiger partial charge in [0.25, 0.3) is 0 Å². The van der Waals surface area contributed by atoms with Gasteiger partial charge in [-0.2, -0.15) is 0 Å². The van der Waals surface area contributed by atoms with Crippen LogP contribution < -0.4 is 0 Å². The highest BCUT2D eigenvalue weighted by molar-refractivity contribution is 7.99. The van der Waals surface area contributed by atoms with Crippen molar-refractivity contribution in [1.29, 1.82) is 0 Å².